The summed E-state index contributed by atoms with van der Waals surface area (Å²) in [5.41, 5.74) is 2.79. The molecule has 0 heterocycles. The van der Waals surface area contributed by atoms with Crippen molar-refractivity contribution in [3.8, 4) is 0 Å². The fourth-order valence-corrected chi connectivity index (χ4v) is 2.52. The largest absolute Gasteiger partial charge is 0.449 e. The van der Waals surface area contributed by atoms with Crippen LogP contribution in [0.3, 0.4) is 0 Å². The van der Waals surface area contributed by atoms with E-state index in [9.17, 15) is 9.59 Å². The molecule has 1 atom stereocenters. The summed E-state index contributed by atoms with van der Waals surface area (Å²) in [5.74, 6) is -1.09. The Morgan fingerprint density at radius 3 is 2.46 bits per heavy atom. The Morgan fingerprint density at radius 2 is 1.79 bits per heavy atom. The molecule has 0 saturated heterocycles. The summed E-state index contributed by atoms with van der Waals surface area (Å²) < 4.78 is 5.18. The summed E-state index contributed by atoms with van der Waals surface area (Å²) in [5, 5.41) is 3.35. The number of benzene rings is 2. The van der Waals surface area contributed by atoms with Gasteiger partial charge in [0.2, 0.25) is 0 Å². The Bertz CT molecular complexity index is 790. The van der Waals surface area contributed by atoms with Crippen LogP contribution in [0.25, 0.3) is 0 Å². The lowest BCUT2D eigenvalue weighted by Crippen LogP contribution is -2.30. The number of rotatable bonds is 4. The molecule has 24 heavy (non-hydrogen) atoms. The minimum Gasteiger partial charge on any atom is -0.449 e. The second kappa shape index (κ2) is 7.69. The van der Waals surface area contributed by atoms with Gasteiger partial charge < -0.3 is 10.1 Å². The first-order valence-electron chi connectivity index (χ1n) is 7.32. The smallest absolute Gasteiger partial charge is 0.340 e. The van der Waals surface area contributed by atoms with Gasteiger partial charge in [0.15, 0.2) is 6.10 Å². The molecule has 0 aliphatic heterocycles. The lowest BCUT2D eigenvalue weighted by Gasteiger charge is -2.15. The third-order valence-electron chi connectivity index (χ3n) is 3.46. The lowest BCUT2D eigenvalue weighted by atomic mass is 10.1. The van der Waals surface area contributed by atoms with Crippen molar-refractivity contribution in [1.29, 1.82) is 0 Å². The van der Waals surface area contributed by atoms with E-state index >= 15 is 0 Å². The van der Waals surface area contributed by atoms with E-state index in [0.717, 1.165) is 11.1 Å². The predicted molar refractivity (Wildman–Crippen MR) is 95.9 cm³/mol. The minimum atomic E-state index is -0.968. The van der Waals surface area contributed by atoms with Crippen molar-refractivity contribution in [2.45, 2.75) is 26.9 Å². The molecule has 1 N–H and O–H groups in total. The first-order valence-corrected chi connectivity index (χ1v) is 8.07. The Kier molecular flexibility index (Phi) is 5.86. The van der Waals surface area contributed by atoms with Gasteiger partial charge in [0.25, 0.3) is 5.91 Å². The molecular weight excluding hydrogens is 349 g/mol. The molecule has 0 aliphatic carbocycles. The highest BCUT2D eigenvalue weighted by Crippen LogP contribution is 2.22. The zero-order chi connectivity index (χ0) is 17.9. The number of carbonyl (C=O) groups excluding carboxylic acids is 2. The number of halogens is 2. The van der Waals surface area contributed by atoms with Gasteiger partial charge in [-0.05, 0) is 56.2 Å². The van der Waals surface area contributed by atoms with E-state index in [1.807, 2.05) is 32.0 Å². The predicted octanol–water partition coefficient (Wildman–Crippen LogP) is 4.79. The quantitative estimate of drug-likeness (QED) is 0.792. The summed E-state index contributed by atoms with van der Waals surface area (Å²) in [4.78, 5) is 24.4. The Balaban J connectivity index is 2.05. The number of anilines is 1. The molecule has 2 aromatic carbocycles. The molecule has 0 bridgehead atoms. The molecule has 126 valence electrons. The zero-order valence-corrected chi connectivity index (χ0v) is 15.0. The Morgan fingerprint density at radius 1 is 1.08 bits per heavy atom. The van der Waals surface area contributed by atoms with Gasteiger partial charge in [-0.3, -0.25) is 4.79 Å². The van der Waals surface area contributed by atoms with Gasteiger partial charge in [0, 0.05) is 10.7 Å². The molecule has 0 aromatic heterocycles. The maximum absolute atomic E-state index is 12.2. The number of esters is 1. The molecule has 0 saturated carbocycles. The second-order valence-electron chi connectivity index (χ2n) is 5.48. The molecule has 2 rings (SSSR count). The average molecular weight is 366 g/mol. The molecule has 0 spiro atoms. The second-order valence-corrected chi connectivity index (χ2v) is 6.32. The van der Waals surface area contributed by atoms with Gasteiger partial charge in [-0.2, -0.15) is 0 Å². The maximum Gasteiger partial charge on any atom is 0.340 e. The molecule has 0 fully saturated rings. The van der Waals surface area contributed by atoms with Crippen molar-refractivity contribution in [3.63, 3.8) is 0 Å². The standard InChI is InChI=1S/C18H17Cl2NO3/c1-10-4-5-11(2)16(8-10)21-17(22)12(3)24-18(23)14-7-6-13(19)9-15(14)20/h4-9,12H,1-3H3,(H,21,22)/t12-/m0/s1. The van der Waals surface area contributed by atoms with Crippen LogP contribution < -0.4 is 5.32 Å². The first-order chi connectivity index (χ1) is 11.3. The fraction of sp³-hybridized carbons (Fsp3) is 0.222. The number of ether oxygens (including phenoxy) is 1. The molecule has 0 aliphatic rings. The van der Waals surface area contributed by atoms with E-state index in [4.69, 9.17) is 27.9 Å². The van der Waals surface area contributed by atoms with E-state index in [0.29, 0.717) is 10.7 Å². The van der Waals surface area contributed by atoms with E-state index < -0.39 is 18.0 Å². The van der Waals surface area contributed by atoms with Gasteiger partial charge >= 0.3 is 5.97 Å². The number of nitrogens with one attached hydrogen (secondary N) is 1. The van der Waals surface area contributed by atoms with Crippen molar-refractivity contribution in [2.75, 3.05) is 5.32 Å². The van der Waals surface area contributed by atoms with Crippen LogP contribution >= 0.6 is 23.2 Å². The third-order valence-corrected chi connectivity index (χ3v) is 4.00. The monoisotopic (exact) mass is 365 g/mol. The van der Waals surface area contributed by atoms with Crippen molar-refractivity contribution in [1.82, 2.24) is 0 Å². The van der Waals surface area contributed by atoms with Gasteiger partial charge in [0.1, 0.15) is 0 Å². The molecule has 0 radical (unpaired) electrons. The third kappa shape index (κ3) is 4.49. The van der Waals surface area contributed by atoms with Crippen LogP contribution in [-0.4, -0.2) is 18.0 Å². The summed E-state index contributed by atoms with van der Waals surface area (Å²) in [6.45, 7) is 5.32. The molecule has 2 aromatic rings. The number of amides is 1. The van der Waals surface area contributed by atoms with Crippen molar-refractivity contribution >= 4 is 40.8 Å². The van der Waals surface area contributed by atoms with Gasteiger partial charge in [-0.1, -0.05) is 35.3 Å². The van der Waals surface area contributed by atoms with Crippen LogP contribution in [0.1, 0.15) is 28.4 Å². The van der Waals surface area contributed by atoms with E-state index in [1.165, 1.54) is 25.1 Å². The summed E-state index contributed by atoms with van der Waals surface area (Å²) >= 11 is 11.8. The fourth-order valence-electron chi connectivity index (χ4n) is 2.04. The topological polar surface area (TPSA) is 55.4 Å². The van der Waals surface area contributed by atoms with Gasteiger partial charge in [-0.15, -0.1) is 0 Å². The van der Waals surface area contributed by atoms with Crippen LogP contribution in [0.5, 0.6) is 0 Å². The summed E-state index contributed by atoms with van der Waals surface area (Å²) in [7, 11) is 0. The number of hydrogen-bond acceptors (Lipinski definition) is 3. The van der Waals surface area contributed by atoms with Crippen LogP contribution in [0.15, 0.2) is 36.4 Å². The number of carbonyl (C=O) groups is 2. The minimum absolute atomic E-state index is 0.160. The van der Waals surface area contributed by atoms with Crippen LogP contribution in [0.4, 0.5) is 5.69 Å². The first kappa shape index (κ1) is 18.3. The van der Waals surface area contributed by atoms with Crippen molar-refractivity contribution in [3.05, 3.63) is 63.1 Å². The van der Waals surface area contributed by atoms with Gasteiger partial charge in [-0.25, -0.2) is 4.79 Å². The molecule has 4 nitrogen and oxygen atoms in total. The lowest BCUT2D eigenvalue weighted by molar-refractivity contribution is -0.123. The Hall–Kier alpha value is -2.04. The normalized spacial score (nSPS) is 11.7. The molecule has 6 heteroatoms. The van der Waals surface area contributed by atoms with E-state index in [1.54, 1.807) is 0 Å². The molecule has 0 unspecified atom stereocenters. The highest BCUT2D eigenvalue weighted by atomic mass is 35.5. The van der Waals surface area contributed by atoms with E-state index in [-0.39, 0.29) is 10.6 Å². The molecular formula is C18H17Cl2NO3. The van der Waals surface area contributed by atoms with Crippen LogP contribution in [0.2, 0.25) is 10.0 Å². The number of hydrogen-bond donors (Lipinski definition) is 1. The SMILES string of the molecule is Cc1ccc(C)c(NC(=O)[C@H](C)OC(=O)c2ccc(Cl)cc2Cl)c1. The van der Waals surface area contributed by atoms with E-state index in [2.05, 4.69) is 5.32 Å². The number of aryl methyl sites for hydroxylation is 2. The van der Waals surface area contributed by atoms with Gasteiger partial charge in [0.05, 0.1) is 10.6 Å². The summed E-state index contributed by atoms with van der Waals surface area (Å²) in [6, 6.07) is 10.2. The average Bonchev–Trinajstić information content (AvgIpc) is 2.50. The highest BCUT2D eigenvalue weighted by molar-refractivity contribution is 6.36. The summed E-state index contributed by atoms with van der Waals surface area (Å²) in [6.07, 6.45) is -0.968. The molecule has 1 amide bonds. The highest BCUT2D eigenvalue weighted by Gasteiger charge is 2.21. The maximum atomic E-state index is 12.2. The van der Waals surface area contributed by atoms with Crippen molar-refractivity contribution in [2.24, 2.45) is 0 Å². The Labute approximate surface area is 150 Å². The van der Waals surface area contributed by atoms with Crippen LogP contribution in [0, 0.1) is 13.8 Å². The van der Waals surface area contributed by atoms with Crippen LogP contribution in [-0.2, 0) is 9.53 Å². The van der Waals surface area contributed by atoms with Crippen molar-refractivity contribution < 1.29 is 14.3 Å². The zero-order valence-electron chi connectivity index (χ0n) is 13.5.